The Morgan fingerprint density at radius 1 is 1.19 bits per heavy atom. The zero-order valence-electron chi connectivity index (χ0n) is 13.1. The highest BCUT2D eigenvalue weighted by Crippen LogP contribution is 2.19. The molecule has 0 amide bonds. The van der Waals surface area contributed by atoms with E-state index in [4.69, 9.17) is 4.74 Å². The monoisotopic (exact) mass is 284 g/mol. The first kappa shape index (κ1) is 15.5. The van der Waals surface area contributed by atoms with Crippen molar-refractivity contribution in [1.29, 1.82) is 0 Å². The summed E-state index contributed by atoms with van der Waals surface area (Å²) >= 11 is 0. The smallest absolute Gasteiger partial charge is 0.124 e. The van der Waals surface area contributed by atoms with Gasteiger partial charge in [-0.05, 0) is 37.1 Å². The van der Waals surface area contributed by atoms with E-state index in [0.717, 1.165) is 30.0 Å². The number of nitrogens with zero attached hydrogens (tertiary/aromatic N) is 1. The van der Waals surface area contributed by atoms with Crippen LogP contribution in [0, 0.1) is 12.8 Å². The molecule has 0 aliphatic heterocycles. The normalized spacial score (nSPS) is 10.9. The largest absolute Gasteiger partial charge is 0.489 e. The standard InChI is InChI=1S/C18H24N2O/c1-14(2)9-19-12-17-6-4-5-7-18(17)21-13-16-8-15(3)10-20-11-16/h4-8,10-11,14,19H,9,12-13H2,1-3H3. The molecule has 21 heavy (non-hydrogen) atoms. The lowest BCUT2D eigenvalue weighted by molar-refractivity contribution is 0.301. The van der Waals surface area contributed by atoms with Gasteiger partial charge in [-0.2, -0.15) is 0 Å². The number of rotatable bonds is 7. The summed E-state index contributed by atoms with van der Waals surface area (Å²) in [4.78, 5) is 4.20. The number of ether oxygens (including phenoxy) is 1. The Balaban J connectivity index is 1.96. The highest BCUT2D eigenvalue weighted by Gasteiger charge is 2.04. The van der Waals surface area contributed by atoms with Gasteiger partial charge < -0.3 is 10.1 Å². The van der Waals surface area contributed by atoms with E-state index in [1.54, 1.807) is 0 Å². The van der Waals surface area contributed by atoms with Crippen LogP contribution in [-0.2, 0) is 13.2 Å². The third-order valence-electron chi connectivity index (χ3n) is 3.17. The molecule has 0 atom stereocenters. The van der Waals surface area contributed by atoms with Crippen LogP contribution < -0.4 is 10.1 Å². The van der Waals surface area contributed by atoms with Crippen LogP contribution in [0.4, 0.5) is 0 Å². The number of aromatic nitrogens is 1. The first-order valence-corrected chi connectivity index (χ1v) is 7.47. The van der Waals surface area contributed by atoms with E-state index in [0.29, 0.717) is 12.5 Å². The molecule has 2 aromatic rings. The van der Waals surface area contributed by atoms with Crippen molar-refractivity contribution in [3.8, 4) is 5.75 Å². The zero-order valence-corrected chi connectivity index (χ0v) is 13.1. The van der Waals surface area contributed by atoms with Gasteiger partial charge in [0.1, 0.15) is 12.4 Å². The predicted octanol–water partition coefficient (Wildman–Crippen LogP) is 3.71. The Kier molecular flexibility index (Phi) is 5.76. The van der Waals surface area contributed by atoms with Crippen LogP contribution >= 0.6 is 0 Å². The van der Waals surface area contributed by atoms with Gasteiger partial charge in [-0.15, -0.1) is 0 Å². The van der Waals surface area contributed by atoms with Crippen LogP contribution in [0.25, 0.3) is 0 Å². The summed E-state index contributed by atoms with van der Waals surface area (Å²) in [6.45, 7) is 8.85. The molecule has 3 heteroatoms. The number of hydrogen-bond acceptors (Lipinski definition) is 3. The third kappa shape index (κ3) is 5.20. The van der Waals surface area contributed by atoms with Crippen molar-refractivity contribution in [2.24, 2.45) is 5.92 Å². The molecule has 0 aliphatic rings. The summed E-state index contributed by atoms with van der Waals surface area (Å²) in [5.41, 5.74) is 3.45. The van der Waals surface area contributed by atoms with Crippen molar-refractivity contribution < 1.29 is 4.74 Å². The highest BCUT2D eigenvalue weighted by molar-refractivity contribution is 5.33. The number of nitrogens with one attached hydrogen (secondary N) is 1. The Labute approximate surface area is 127 Å². The minimum Gasteiger partial charge on any atom is -0.489 e. The summed E-state index contributed by atoms with van der Waals surface area (Å²) in [7, 11) is 0. The van der Waals surface area contributed by atoms with E-state index in [1.165, 1.54) is 5.56 Å². The molecule has 112 valence electrons. The lowest BCUT2D eigenvalue weighted by Crippen LogP contribution is -2.19. The van der Waals surface area contributed by atoms with Gasteiger partial charge in [-0.25, -0.2) is 0 Å². The minimum atomic E-state index is 0.551. The van der Waals surface area contributed by atoms with Crippen molar-refractivity contribution in [3.63, 3.8) is 0 Å². The second kappa shape index (κ2) is 7.79. The van der Waals surface area contributed by atoms with E-state index in [1.807, 2.05) is 37.5 Å². The van der Waals surface area contributed by atoms with Gasteiger partial charge in [0.2, 0.25) is 0 Å². The molecular weight excluding hydrogens is 260 g/mol. The van der Waals surface area contributed by atoms with Gasteiger partial charge in [-0.1, -0.05) is 32.0 Å². The molecule has 0 saturated carbocycles. The van der Waals surface area contributed by atoms with Crippen molar-refractivity contribution in [1.82, 2.24) is 10.3 Å². The summed E-state index contributed by atoms with van der Waals surface area (Å²) in [6.07, 6.45) is 3.71. The molecule has 0 unspecified atom stereocenters. The maximum atomic E-state index is 5.96. The van der Waals surface area contributed by atoms with E-state index in [9.17, 15) is 0 Å². The molecule has 1 aromatic carbocycles. The Morgan fingerprint density at radius 3 is 2.76 bits per heavy atom. The van der Waals surface area contributed by atoms with Gasteiger partial charge in [0.05, 0.1) is 0 Å². The quantitative estimate of drug-likeness (QED) is 0.841. The Hall–Kier alpha value is -1.87. The van der Waals surface area contributed by atoms with Crippen LogP contribution in [0.2, 0.25) is 0 Å². The van der Waals surface area contributed by atoms with Gasteiger partial charge in [0, 0.05) is 30.1 Å². The fourth-order valence-corrected chi connectivity index (χ4v) is 2.14. The number of pyridine rings is 1. The SMILES string of the molecule is Cc1cncc(COc2ccccc2CNCC(C)C)c1. The van der Waals surface area contributed by atoms with Crippen LogP contribution in [-0.4, -0.2) is 11.5 Å². The lowest BCUT2D eigenvalue weighted by atomic mass is 10.1. The first-order chi connectivity index (χ1) is 10.1. The van der Waals surface area contributed by atoms with Crippen LogP contribution in [0.1, 0.15) is 30.5 Å². The van der Waals surface area contributed by atoms with Gasteiger partial charge in [-0.3, -0.25) is 4.98 Å². The van der Waals surface area contributed by atoms with Crippen molar-refractivity contribution in [2.75, 3.05) is 6.54 Å². The number of hydrogen-bond donors (Lipinski definition) is 1. The summed E-state index contributed by atoms with van der Waals surface area (Å²) < 4.78 is 5.96. The predicted molar refractivity (Wildman–Crippen MR) is 86.3 cm³/mol. The van der Waals surface area contributed by atoms with E-state index < -0.39 is 0 Å². The van der Waals surface area contributed by atoms with Crippen molar-refractivity contribution >= 4 is 0 Å². The molecule has 0 saturated heterocycles. The molecule has 0 fully saturated rings. The van der Waals surface area contributed by atoms with Crippen LogP contribution in [0.3, 0.4) is 0 Å². The fourth-order valence-electron chi connectivity index (χ4n) is 2.14. The maximum absolute atomic E-state index is 5.96. The molecule has 0 aliphatic carbocycles. The van der Waals surface area contributed by atoms with E-state index in [2.05, 4.69) is 36.3 Å². The number of benzene rings is 1. The lowest BCUT2D eigenvalue weighted by Gasteiger charge is -2.13. The number of para-hydroxylation sites is 1. The molecule has 1 heterocycles. The maximum Gasteiger partial charge on any atom is 0.124 e. The van der Waals surface area contributed by atoms with Crippen LogP contribution in [0.5, 0.6) is 5.75 Å². The summed E-state index contributed by atoms with van der Waals surface area (Å²) in [5.74, 6) is 1.59. The third-order valence-corrected chi connectivity index (χ3v) is 3.17. The minimum absolute atomic E-state index is 0.551. The average molecular weight is 284 g/mol. The molecular formula is C18H24N2O. The Bertz CT molecular complexity index is 567. The first-order valence-electron chi connectivity index (χ1n) is 7.47. The molecule has 0 spiro atoms. The van der Waals surface area contributed by atoms with Crippen molar-refractivity contribution in [2.45, 2.75) is 33.9 Å². The molecule has 0 bridgehead atoms. The second-order valence-electron chi connectivity index (χ2n) is 5.79. The Morgan fingerprint density at radius 2 is 2.00 bits per heavy atom. The summed E-state index contributed by atoms with van der Waals surface area (Å²) in [6, 6.07) is 10.3. The topological polar surface area (TPSA) is 34.1 Å². The molecule has 2 rings (SSSR count). The van der Waals surface area contributed by atoms with Gasteiger partial charge >= 0.3 is 0 Å². The molecule has 1 aromatic heterocycles. The zero-order chi connectivity index (χ0) is 15.1. The fraction of sp³-hybridized carbons (Fsp3) is 0.389. The van der Waals surface area contributed by atoms with Crippen molar-refractivity contribution in [3.05, 3.63) is 59.4 Å². The molecule has 0 radical (unpaired) electrons. The second-order valence-corrected chi connectivity index (χ2v) is 5.79. The van der Waals surface area contributed by atoms with Gasteiger partial charge in [0.25, 0.3) is 0 Å². The number of aryl methyl sites for hydroxylation is 1. The highest BCUT2D eigenvalue weighted by atomic mass is 16.5. The van der Waals surface area contributed by atoms with E-state index in [-0.39, 0.29) is 0 Å². The summed E-state index contributed by atoms with van der Waals surface area (Å²) in [5, 5.41) is 3.46. The molecule has 3 nitrogen and oxygen atoms in total. The average Bonchev–Trinajstić information content (AvgIpc) is 2.46. The molecule has 1 N–H and O–H groups in total. The van der Waals surface area contributed by atoms with E-state index >= 15 is 0 Å². The van der Waals surface area contributed by atoms with Crippen LogP contribution in [0.15, 0.2) is 42.7 Å². The van der Waals surface area contributed by atoms with Gasteiger partial charge in [0.15, 0.2) is 0 Å².